The van der Waals surface area contributed by atoms with Crippen molar-refractivity contribution in [3.63, 3.8) is 0 Å². The van der Waals surface area contributed by atoms with Gasteiger partial charge >= 0.3 is 0 Å². The van der Waals surface area contributed by atoms with Crippen LogP contribution in [0.4, 0.5) is 0 Å². The molecule has 0 atom stereocenters. The van der Waals surface area contributed by atoms with Gasteiger partial charge in [-0.05, 0) is 49.6 Å². The van der Waals surface area contributed by atoms with Gasteiger partial charge in [0.2, 0.25) is 5.88 Å². The summed E-state index contributed by atoms with van der Waals surface area (Å²) in [4.78, 5) is 0. The molecule has 0 fully saturated rings. The molecule has 0 aliphatic carbocycles. The topological polar surface area (TPSA) is 47.3 Å². The van der Waals surface area contributed by atoms with Gasteiger partial charge in [0.15, 0.2) is 0 Å². The number of aromatic nitrogens is 2. The van der Waals surface area contributed by atoms with Crippen LogP contribution in [0, 0.1) is 12.8 Å². The second-order valence-corrected chi connectivity index (χ2v) is 6.73. The van der Waals surface area contributed by atoms with Crippen molar-refractivity contribution in [1.29, 1.82) is 0 Å². The smallest absolute Gasteiger partial charge is 0.234 e. The molecule has 0 saturated carbocycles. The molecule has 1 heterocycles. The van der Waals surface area contributed by atoms with Crippen molar-refractivity contribution in [2.24, 2.45) is 5.92 Å². The van der Waals surface area contributed by atoms with Crippen LogP contribution in [0.1, 0.15) is 25.0 Å². The summed E-state index contributed by atoms with van der Waals surface area (Å²) in [6.07, 6.45) is 0.769. The average Bonchev–Trinajstić information content (AvgIpc) is 2.91. The predicted molar refractivity (Wildman–Crippen MR) is 100 cm³/mol. The van der Waals surface area contributed by atoms with Crippen LogP contribution in [-0.2, 0) is 6.42 Å². The fraction of sp³-hybridized carbons (Fsp3) is 0.286. The normalized spacial score (nSPS) is 11.1. The largest absolute Gasteiger partial charge is 0.497 e. The highest BCUT2D eigenvalue weighted by Gasteiger charge is 2.21. The van der Waals surface area contributed by atoms with Gasteiger partial charge in [-0.1, -0.05) is 37.6 Å². The van der Waals surface area contributed by atoms with E-state index in [1.54, 1.807) is 7.11 Å². The van der Waals surface area contributed by atoms with E-state index in [1.165, 1.54) is 5.56 Å². The van der Waals surface area contributed by atoms with Crippen molar-refractivity contribution in [3.05, 3.63) is 59.7 Å². The Morgan fingerprint density at radius 1 is 1.12 bits per heavy atom. The van der Waals surface area contributed by atoms with Crippen molar-refractivity contribution in [3.8, 4) is 28.6 Å². The molecule has 0 aliphatic rings. The Bertz CT molecular complexity index is 864. The Labute approximate surface area is 148 Å². The van der Waals surface area contributed by atoms with E-state index in [9.17, 15) is 5.11 Å². The van der Waals surface area contributed by atoms with Gasteiger partial charge in [0.05, 0.1) is 18.5 Å². The lowest BCUT2D eigenvalue weighted by molar-refractivity contribution is 0.414. The number of benzene rings is 2. The Hall–Kier alpha value is -2.75. The molecule has 0 saturated heterocycles. The lowest BCUT2D eigenvalue weighted by Gasteiger charge is -2.12. The van der Waals surface area contributed by atoms with Crippen LogP contribution >= 0.6 is 0 Å². The summed E-state index contributed by atoms with van der Waals surface area (Å²) in [6, 6.07) is 16.0. The third kappa shape index (κ3) is 3.53. The molecular weight excluding hydrogens is 312 g/mol. The first-order valence-electron chi connectivity index (χ1n) is 8.52. The number of hydrogen-bond donors (Lipinski definition) is 1. The highest BCUT2D eigenvalue weighted by Crippen LogP contribution is 2.34. The van der Waals surface area contributed by atoms with Gasteiger partial charge in [-0.2, -0.15) is 0 Å². The fourth-order valence-electron chi connectivity index (χ4n) is 3.03. The quantitative estimate of drug-likeness (QED) is 0.731. The van der Waals surface area contributed by atoms with Gasteiger partial charge in [-0.3, -0.25) is 0 Å². The second kappa shape index (κ2) is 7.01. The maximum absolute atomic E-state index is 10.5. The Balaban J connectivity index is 2.20. The van der Waals surface area contributed by atoms with E-state index in [-0.39, 0.29) is 5.88 Å². The summed E-state index contributed by atoms with van der Waals surface area (Å²) in [5.41, 5.74) is 4.95. The van der Waals surface area contributed by atoms with E-state index in [0.717, 1.165) is 34.7 Å². The molecule has 25 heavy (non-hydrogen) atoms. The van der Waals surface area contributed by atoms with Crippen LogP contribution in [0.2, 0.25) is 0 Å². The number of hydrogen-bond acceptors (Lipinski definition) is 3. The van der Waals surface area contributed by atoms with Gasteiger partial charge in [0.1, 0.15) is 5.75 Å². The molecule has 0 spiro atoms. The maximum Gasteiger partial charge on any atom is 0.234 e. The summed E-state index contributed by atoms with van der Waals surface area (Å²) in [6.45, 7) is 6.36. The minimum Gasteiger partial charge on any atom is -0.497 e. The van der Waals surface area contributed by atoms with Crippen LogP contribution in [-0.4, -0.2) is 22.0 Å². The van der Waals surface area contributed by atoms with Crippen molar-refractivity contribution >= 4 is 0 Å². The van der Waals surface area contributed by atoms with Crippen molar-refractivity contribution in [2.75, 3.05) is 7.11 Å². The van der Waals surface area contributed by atoms with Crippen molar-refractivity contribution in [2.45, 2.75) is 27.2 Å². The molecule has 3 aromatic rings. The average molecular weight is 336 g/mol. The third-order valence-electron chi connectivity index (χ3n) is 4.18. The lowest BCUT2D eigenvalue weighted by Crippen LogP contribution is -2.02. The standard InChI is InChI=1S/C21H24N2O2/c1-14(2)12-19-20(16-7-5-6-15(3)13-16)23(22-21(19)24)17-8-10-18(25-4)11-9-17/h5-11,13-14H,12H2,1-4H3,(H,22,24). The van der Waals surface area contributed by atoms with Gasteiger partial charge in [0.25, 0.3) is 0 Å². The molecule has 4 nitrogen and oxygen atoms in total. The molecule has 130 valence electrons. The molecule has 0 amide bonds. The Morgan fingerprint density at radius 3 is 2.44 bits per heavy atom. The van der Waals surface area contributed by atoms with Crippen LogP contribution in [0.5, 0.6) is 11.6 Å². The van der Waals surface area contributed by atoms with Crippen LogP contribution in [0.25, 0.3) is 16.9 Å². The molecule has 0 aliphatic heterocycles. The number of aryl methyl sites for hydroxylation is 1. The van der Waals surface area contributed by atoms with Crippen LogP contribution in [0.15, 0.2) is 48.5 Å². The summed E-state index contributed by atoms with van der Waals surface area (Å²) >= 11 is 0. The molecule has 4 heteroatoms. The first-order chi connectivity index (χ1) is 12.0. The highest BCUT2D eigenvalue weighted by molar-refractivity contribution is 5.69. The van der Waals surface area contributed by atoms with Gasteiger partial charge < -0.3 is 9.84 Å². The Morgan fingerprint density at radius 2 is 1.84 bits per heavy atom. The number of rotatable bonds is 5. The zero-order chi connectivity index (χ0) is 18.0. The molecular formula is C21H24N2O2. The van der Waals surface area contributed by atoms with Crippen molar-refractivity contribution in [1.82, 2.24) is 9.78 Å². The van der Waals surface area contributed by atoms with E-state index < -0.39 is 0 Å². The number of methoxy groups -OCH3 is 1. The highest BCUT2D eigenvalue weighted by atomic mass is 16.5. The first kappa shape index (κ1) is 17.1. The molecule has 0 bridgehead atoms. The molecule has 2 aromatic carbocycles. The van der Waals surface area contributed by atoms with Gasteiger partial charge in [0, 0.05) is 11.1 Å². The van der Waals surface area contributed by atoms with Gasteiger partial charge in [-0.15, -0.1) is 5.10 Å². The van der Waals surface area contributed by atoms with Crippen LogP contribution in [0.3, 0.4) is 0 Å². The number of aromatic hydroxyl groups is 1. The monoisotopic (exact) mass is 336 g/mol. The number of nitrogens with zero attached hydrogens (tertiary/aromatic N) is 2. The predicted octanol–water partition coefficient (Wildman–Crippen LogP) is 4.76. The van der Waals surface area contributed by atoms with E-state index in [2.05, 4.69) is 44.1 Å². The minimum absolute atomic E-state index is 0.0982. The van der Waals surface area contributed by atoms with Crippen molar-refractivity contribution < 1.29 is 9.84 Å². The SMILES string of the molecule is COc1ccc(-n2nc(O)c(CC(C)C)c2-c2cccc(C)c2)cc1. The zero-order valence-corrected chi connectivity index (χ0v) is 15.2. The van der Waals surface area contributed by atoms with Gasteiger partial charge in [-0.25, -0.2) is 4.68 Å². The molecule has 1 N–H and O–H groups in total. The summed E-state index contributed by atoms with van der Waals surface area (Å²) in [5, 5.41) is 14.9. The Kier molecular flexibility index (Phi) is 4.79. The van der Waals surface area contributed by atoms with E-state index >= 15 is 0 Å². The second-order valence-electron chi connectivity index (χ2n) is 6.73. The van der Waals surface area contributed by atoms with E-state index in [4.69, 9.17) is 4.74 Å². The number of ether oxygens (including phenoxy) is 1. The third-order valence-corrected chi connectivity index (χ3v) is 4.18. The fourth-order valence-corrected chi connectivity index (χ4v) is 3.03. The summed E-state index contributed by atoms with van der Waals surface area (Å²) in [7, 11) is 1.65. The van der Waals surface area contributed by atoms with E-state index in [1.807, 2.05) is 35.0 Å². The molecule has 0 unspecified atom stereocenters. The summed E-state index contributed by atoms with van der Waals surface area (Å²) < 4.78 is 7.06. The molecule has 3 rings (SSSR count). The van der Waals surface area contributed by atoms with E-state index in [0.29, 0.717) is 5.92 Å². The van der Waals surface area contributed by atoms with Crippen LogP contribution < -0.4 is 4.74 Å². The molecule has 1 aromatic heterocycles. The lowest BCUT2D eigenvalue weighted by atomic mass is 9.98. The maximum atomic E-state index is 10.5. The zero-order valence-electron chi connectivity index (χ0n) is 15.2. The first-order valence-corrected chi connectivity index (χ1v) is 8.52. The molecule has 0 radical (unpaired) electrons. The summed E-state index contributed by atoms with van der Waals surface area (Å²) in [5.74, 6) is 1.31. The minimum atomic E-state index is 0.0982.